The summed E-state index contributed by atoms with van der Waals surface area (Å²) in [4.78, 5) is 36.9. The van der Waals surface area contributed by atoms with Gasteiger partial charge in [-0.15, -0.1) is 5.10 Å². The van der Waals surface area contributed by atoms with Crippen molar-refractivity contribution in [2.45, 2.75) is 26.9 Å². The van der Waals surface area contributed by atoms with Gasteiger partial charge in [-0.2, -0.15) is 0 Å². The maximum atomic E-state index is 12.6. The van der Waals surface area contributed by atoms with Gasteiger partial charge in [0.1, 0.15) is 5.75 Å². The Hall–Kier alpha value is -3.89. The van der Waals surface area contributed by atoms with Gasteiger partial charge in [-0.25, -0.2) is 19.1 Å². The van der Waals surface area contributed by atoms with Crippen molar-refractivity contribution in [2.24, 2.45) is 0 Å². The topological polar surface area (TPSA) is 124 Å². The van der Waals surface area contributed by atoms with E-state index in [1.807, 2.05) is 10.6 Å². The lowest BCUT2D eigenvalue weighted by Gasteiger charge is -2.10. The number of esters is 3. The molecule has 0 aliphatic carbocycles. The Kier molecular flexibility index (Phi) is 6.76. The molecule has 0 N–H and O–H groups in total. The molecule has 3 aromatic rings. The van der Waals surface area contributed by atoms with Crippen LogP contribution >= 0.6 is 0 Å². The minimum Gasteiger partial charge on any atom is -0.497 e. The van der Waals surface area contributed by atoms with E-state index in [2.05, 4.69) is 15.0 Å². The molecule has 0 amide bonds. The van der Waals surface area contributed by atoms with Gasteiger partial charge in [-0.05, 0) is 32.0 Å². The molecule has 0 aliphatic rings. The number of benzene rings is 1. The molecule has 0 atom stereocenters. The molecular formula is C21H24N4O7. The highest BCUT2D eigenvalue weighted by Gasteiger charge is 2.27. The number of aromatic nitrogens is 4. The van der Waals surface area contributed by atoms with Crippen LogP contribution in [0.3, 0.4) is 0 Å². The smallest absolute Gasteiger partial charge is 0.361 e. The third kappa shape index (κ3) is 4.01. The Morgan fingerprint density at radius 1 is 1.00 bits per heavy atom. The summed E-state index contributed by atoms with van der Waals surface area (Å²) >= 11 is 0. The molecule has 32 heavy (non-hydrogen) atoms. The third-order valence-electron chi connectivity index (χ3n) is 5.04. The van der Waals surface area contributed by atoms with Gasteiger partial charge in [0, 0.05) is 23.1 Å². The Bertz CT molecular complexity index is 1180. The molecule has 2 heterocycles. The second kappa shape index (κ2) is 9.50. The highest BCUT2D eigenvalue weighted by atomic mass is 16.5. The molecule has 170 valence electrons. The Labute approximate surface area is 183 Å². The SMILES string of the molecule is CCOC(=O)c1c(C)n(CCn2nnc(C(=O)OC)c2C(=O)OC)c2ccc(OC)cc12. The first-order chi connectivity index (χ1) is 15.4. The van der Waals surface area contributed by atoms with Crippen molar-refractivity contribution in [1.82, 2.24) is 19.6 Å². The van der Waals surface area contributed by atoms with Crippen molar-refractivity contribution < 1.29 is 33.3 Å². The highest BCUT2D eigenvalue weighted by molar-refractivity contribution is 6.06. The Balaban J connectivity index is 2.04. The zero-order chi connectivity index (χ0) is 23.4. The summed E-state index contributed by atoms with van der Waals surface area (Å²) in [6, 6.07) is 5.40. The van der Waals surface area contributed by atoms with E-state index in [0.717, 1.165) is 5.52 Å². The lowest BCUT2D eigenvalue weighted by atomic mass is 10.1. The van der Waals surface area contributed by atoms with Gasteiger partial charge in [0.05, 0.1) is 40.0 Å². The lowest BCUT2D eigenvalue weighted by Crippen LogP contribution is -2.19. The quantitative estimate of drug-likeness (QED) is 0.379. The van der Waals surface area contributed by atoms with E-state index in [4.69, 9.17) is 14.2 Å². The van der Waals surface area contributed by atoms with Crippen molar-refractivity contribution in [3.8, 4) is 5.75 Å². The monoisotopic (exact) mass is 444 g/mol. The molecule has 11 nitrogen and oxygen atoms in total. The fraction of sp³-hybridized carbons (Fsp3) is 0.381. The molecule has 0 unspecified atom stereocenters. The van der Waals surface area contributed by atoms with Gasteiger partial charge in [0.15, 0.2) is 5.69 Å². The first-order valence-electron chi connectivity index (χ1n) is 9.81. The average Bonchev–Trinajstić information content (AvgIpc) is 3.34. The first kappa shape index (κ1) is 22.8. The number of nitrogens with zero attached hydrogens (tertiary/aromatic N) is 4. The van der Waals surface area contributed by atoms with E-state index >= 15 is 0 Å². The highest BCUT2D eigenvalue weighted by Crippen LogP contribution is 2.30. The van der Waals surface area contributed by atoms with Crippen molar-refractivity contribution in [3.63, 3.8) is 0 Å². The number of aryl methyl sites for hydroxylation is 2. The summed E-state index contributed by atoms with van der Waals surface area (Å²) in [5.41, 5.74) is 1.55. The van der Waals surface area contributed by atoms with Crippen LogP contribution in [0.15, 0.2) is 18.2 Å². The minimum atomic E-state index is -0.795. The molecule has 0 aliphatic heterocycles. The summed E-state index contributed by atoms with van der Waals surface area (Å²) in [5, 5.41) is 8.37. The van der Waals surface area contributed by atoms with Crippen molar-refractivity contribution in [1.29, 1.82) is 0 Å². The van der Waals surface area contributed by atoms with E-state index in [1.165, 1.54) is 18.9 Å². The van der Waals surface area contributed by atoms with E-state index < -0.39 is 17.9 Å². The second-order valence-corrected chi connectivity index (χ2v) is 6.71. The van der Waals surface area contributed by atoms with Crippen molar-refractivity contribution >= 4 is 28.8 Å². The largest absolute Gasteiger partial charge is 0.497 e. The van der Waals surface area contributed by atoms with Crippen LogP contribution in [0, 0.1) is 6.92 Å². The summed E-state index contributed by atoms with van der Waals surface area (Å²) in [6.07, 6.45) is 0. The molecule has 3 rings (SSSR count). The fourth-order valence-corrected chi connectivity index (χ4v) is 3.53. The zero-order valence-corrected chi connectivity index (χ0v) is 18.5. The number of carbonyl (C=O) groups is 3. The molecule has 0 saturated carbocycles. The summed E-state index contributed by atoms with van der Waals surface area (Å²) in [7, 11) is 3.93. The van der Waals surface area contributed by atoms with E-state index in [0.29, 0.717) is 28.9 Å². The van der Waals surface area contributed by atoms with Gasteiger partial charge in [0.2, 0.25) is 5.69 Å². The van der Waals surface area contributed by atoms with Crippen LogP contribution in [-0.2, 0) is 27.3 Å². The normalized spacial score (nSPS) is 10.8. The van der Waals surface area contributed by atoms with Crippen LogP contribution in [-0.4, -0.2) is 65.4 Å². The van der Waals surface area contributed by atoms with Gasteiger partial charge < -0.3 is 23.5 Å². The Morgan fingerprint density at radius 3 is 2.34 bits per heavy atom. The van der Waals surface area contributed by atoms with Crippen LogP contribution in [0.25, 0.3) is 10.9 Å². The molecule has 2 aromatic heterocycles. The number of hydrogen-bond acceptors (Lipinski definition) is 9. The van der Waals surface area contributed by atoms with Gasteiger partial charge in [0.25, 0.3) is 0 Å². The first-order valence-corrected chi connectivity index (χ1v) is 9.81. The number of methoxy groups -OCH3 is 3. The second-order valence-electron chi connectivity index (χ2n) is 6.71. The summed E-state index contributed by atoms with van der Waals surface area (Å²) in [5.74, 6) is -1.39. The van der Waals surface area contributed by atoms with Crippen LogP contribution in [0.5, 0.6) is 5.75 Å². The fourth-order valence-electron chi connectivity index (χ4n) is 3.53. The van der Waals surface area contributed by atoms with E-state index in [-0.39, 0.29) is 24.5 Å². The minimum absolute atomic E-state index is 0.110. The molecule has 0 fully saturated rings. The van der Waals surface area contributed by atoms with Crippen LogP contribution in [0.2, 0.25) is 0 Å². The maximum Gasteiger partial charge on any atom is 0.361 e. The molecule has 0 saturated heterocycles. The van der Waals surface area contributed by atoms with Crippen LogP contribution < -0.4 is 4.74 Å². The average molecular weight is 444 g/mol. The van der Waals surface area contributed by atoms with Crippen molar-refractivity contribution in [2.75, 3.05) is 27.9 Å². The number of fused-ring (bicyclic) bond motifs is 1. The standard InChI is InChI=1S/C21H24N4O7/c1-6-32-19(26)16-12(2)24(15-8-7-13(29-3)11-14(15)16)9-10-25-18(21(28)31-5)17(22-23-25)20(27)30-4/h7-8,11H,6,9-10H2,1-5H3. The maximum absolute atomic E-state index is 12.6. The van der Waals surface area contributed by atoms with Gasteiger partial charge in [-0.3, -0.25) is 0 Å². The molecular weight excluding hydrogens is 420 g/mol. The lowest BCUT2D eigenvalue weighted by molar-refractivity contribution is 0.0526. The predicted molar refractivity (Wildman–Crippen MR) is 112 cm³/mol. The van der Waals surface area contributed by atoms with Crippen molar-refractivity contribution in [3.05, 3.63) is 40.8 Å². The molecule has 0 spiro atoms. The number of hydrogen-bond donors (Lipinski definition) is 0. The van der Waals surface area contributed by atoms with Gasteiger partial charge in [-0.1, -0.05) is 5.21 Å². The molecule has 1 aromatic carbocycles. The molecule has 0 radical (unpaired) electrons. The van der Waals surface area contributed by atoms with E-state index in [9.17, 15) is 14.4 Å². The number of rotatable bonds is 8. The number of ether oxygens (including phenoxy) is 4. The van der Waals surface area contributed by atoms with Crippen LogP contribution in [0.4, 0.5) is 0 Å². The summed E-state index contributed by atoms with van der Waals surface area (Å²) < 4.78 is 23.2. The molecule has 0 bridgehead atoms. The Morgan fingerprint density at radius 2 is 1.72 bits per heavy atom. The molecule has 11 heteroatoms. The third-order valence-corrected chi connectivity index (χ3v) is 5.04. The van der Waals surface area contributed by atoms with Crippen LogP contribution in [0.1, 0.15) is 44.0 Å². The van der Waals surface area contributed by atoms with Gasteiger partial charge >= 0.3 is 17.9 Å². The summed E-state index contributed by atoms with van der Waals surface area (Å²) in [6.45, 7) is 4.29. The zero-order valence-electron chi connectivity index (χ0n) is 18.5. The number of carbonyl (C=O) groups excluding carboxylic acids is 3. The van der Waals surface area contributed by atoms with E-state index in [1.54, 1.807) is 33.1 Å². The predicted octanol–water partition coefficient (Wildman–Crippen LogP) is 2.00.